The zero-order chi connectivity index (χ0) is 11.4. The van der Waals surface area contributed by atoms with E-state index in [-0.39, 0.29) is 0 Å². The summed E-state index contributed by atoms with van der Waals surface area (Å²) >= 11 is 1.70. The summed E-state index contributed by atoms with van der Waals surface area (Å²) in [6.45, 7) is 8.63. The zero-order valence-electron chi connectivity index (χ0n) is 10.1. The number of aromatic nitrogens is 2. The van der Waals surface area contributed by atoms with Crippen molar-refractivity contribution in [3.05, 3.63) is 5.01 Å². The van der Waals surface area contributed by atoms with Gasteiger partial charge in [0, 0.05) is 13.1 Å². The van der Waals surface area contributed by atoms with Gasteiger partial charge in [-0.2, -0.15) is 0 Å². The molecule has 5 heteroatoms. The van der Waals surface area contributed by atoms with E-state index in [2.05, 4.69) is 27.3 Å². The third-order valence-electron chi connectivity index (χ3n) is 2.99. The van der Waals surface area contributed by atoms with Crippen LogP contribution in [0.4, 0.5) is 5.13 Å². The lowest BCUT2D eigenvalue weighted by atomic mass is 9.98. The van der Waals surface area contributed by atoms with Crippen LogP contribution < -0.4 is 10.2 Å². The summed E-state index contributed by atoms with van der Waals surface area (Å²) in [7, 11) is 0. The van der Waals surface area contributed by atoms with Crippen LogP contribution in [0.2, 0.25) is 0 Å². The first-order chi connectivity index (χ1) is 7.79. The highest BCUT2D eigenvalue weighted by Crippen LogP contribution is 2.25. The molecule has 1 fully saturated rings. The number of hydrogen-bond acceptors (Lipinski definition) is 5. The minimum absolute atomic E-state index is 0.762. The Balaban J connectivity index is 1.91. The molecule has 0 radical (unpaired) electrons. The van der Waals surface area contributed by atoms with Gasteiger partial charge in [-0.25, -0.2) is 0 Å². The number of rotatable bonds is 4. The lowest BCUT2D eigenvalue weighted by molar-refractivity contribution is 0.395. The van der Waals surface area contributed by atoms with Crippen molar-refractivity contribution in [1.29, 1.82) is 0 Å². The first-order valence-corrected chi connectivity index (χ1v) is 6.87. The van der Waals surface area contributed by atoms with E-state index in [4.69, 9.17) is 0 Å². The highest BCUT2D eigenvalue weighted by Gasteiger charge is 2.21. The van der Waals surface area contributed by atoms with Gasteiger partial charge in [-0.05, 0) is 38.8 Å². The van der Waals surface area contributed by atoms with E-state index in [1.807, 2.05) is 6.92 Å². The van der Waals surface area contributed by atoms with Crippen molar-refractivity contribution in [2.24, 2.45) is 5.92 Å². The number of aryl methyl sites for hydroxylation is 1. The molecule has 2 rings (SSSR count). The molecule has 0 amide bonds. The van der Waals surface area contributed by atoms with Crippen LogP contribution in [0.3, 0.4) is 0 Å². The maximum atomic E-state index is 4.23. The third kappa shape index (κ3) is 2.92. The average molecular weight is 240 g/mol. The van der Waals surface area contributed by atoms with E-state index in [9.17, 15) is 0 Å². The highest BCUT2D eigenvalue weighted by molar-refractivity contribution is 7.15. The SMILES string of the molecule is CCNCC1CCCN(c2nnc(C)s2)C1. The Bertz CT molecular complexity index is 326. The van der Waals surface area contributed by atoms with Crippen molar-refractivity contribution in [3.63, 3.8) is 0 Å². The van der Waals surface area contributed by atoms with Crippen molar-refractivity contribution >= 4 is 16.5 Å². The summed E-state index contributed by atoms with van der Waals surface area (Å²) in [6.07, 6.45) is 2.61. The molecule has 0 bridgehead atoms. The number of hydrogen-bond donors (Lipinski definition) is 1. The van der Waals surface area contributed by atoms with E-state index in [1.165, 1.54) is 12.8 Å². The van der Waals surface area contributed by atoms with E-state index < -0.39 is 0 Å². The van der Waals surface area contributed by atoms with Gasteiger partial charge in [0.25, 0.3) is 0 Å². The third-order valence-corrected chi connectivity index (χ3v) is 3.89. The van der Waals surface area contributed by atoms with E-state index >= 15 is 0 Å². The molecule has 4 nitrogen and oxygen atoms in total. The van der Waals surface area contributed by atoms with Gasteiger partial charge < -0.3 is 10.2 Å². The van der Waals surface area contributed by atoms with Gasteiger partial charge in [-0.3, -0.25) is 0 Å². The van der Waals surface area contributed by atoms with E-state index in [0.29, 0.717) is 0 Å². The number of nitrogens with zero attached hydrogens (tertiary/aromatic N) is 3. The molecule has 1 saturated heterocycles. The maximum absolute atomic E-state index is 4.23. The fraction of sp³-hybridized carbons (Fsp3) is 0.818. The second-order valence-corrected chi connectivity index (χ2v) is 5.53. The molecule has 1 N–H and O–H groups in total. The number of anilines is 1. The Labute approximate surface area is 101 Å². The second-order valence-electron chi connectivity index (χ2n) is 4.37. The molecule has 1 unspecified atom stereocenters. The molecule has 0 aliphatic carbocycles. The van der Waals surface area contributed by atoms with Crippen LogP contribution in [0.15, 0.2) is 0 Å². The molecule has 0 saturated carbocycles. The first-order valence-electron chi connectivity index (χ1n) is 6.05. The maximum Gasteiger partial charge on any atom is 0.208 e. The Morgan fingerprint density at radius 1 is 1.50 bits per heavy atom. The fourth-order valence-corrected chi connectivity index (χ4v) is 2.89. The normalized spacial score (nSPS) is 21.4. The van der Waals surface area contributed by atoms with Crippen LogP contribution in [0.1, 0.15) is 24.8 Å². The summed E-state index contributed by atoms with van der Waals surface area (Å²) in [5.74, 6) is 0.762. The summed E-state index contributed by atoms with van der Waals surface area (Å²) in [5.41, 5.74) is 0. The molecular weight excluding hydrogens is 220 g/mol. The fourth-order valence-electron chi connectivity index (χ4n) is 2.17. The Kier molecular flexibility index (Phi) is 4.12. The van der Waals surface area contributed by atoms with Crippen LogP contribution in [0.25, 0.3) is 0 Å². The molecule has 1 aromatic rings. The molecule has 1 atom stereocenters. The Morgan fingerprint density at radius 3 is 3.06 bits per heavy atom. The summed E-state index contributed by atoms with van der Waals surface area (Å²) < 4.78 is 0. The molecule has 1 aromatic heterocycles. The second kappa shape index (κ2) is 5.59. The molecular formula is C11H20N4S. The van der Waals surface area contributed by atoms with Gasteiger partial charge in [-0.15, -0.1) is 10.2 Å². The number of nitrogens with one attached hydrogen (secondary N) is 1. The van der Waals surface area contributed by atoms with Gasteiger partial charge in [0.15, 0.2) is 0 Å². The molecule has 1 aliphatic rings. The molecule has 0 aromatic carbocycles. The van der Waals surface area contributed by atoms with Crippen molar-refractivity contribution in [1.82, 2.24) is 15.5 Å². The quantitative estimate of drug-likeness (QED) is 0.869. The molecule has 16 heavy (non-hydrogen) atoms. The van der Waals surface area contributed by atoms with E-state index in [1.54, 1.807) is 11.3 Å². The molecule has 90 valence electrons. The van der Waals surface area contributed by atoms with Crippen LogP contribution in [-0.2, 0) is 0 Å². The van der Waals surface area contributed by atoms with E-state index in [0.717, 1.165) is 42.2 Å². The van der Waals surface area contributed by atoms with Gasteiger partial charge in [0.1, 0.15) is 5.01 Å². The van der Waals surface area contributed by atoms with Crippen molar-refractivity contribution < 1.29 is 0 Å². The average Bonchev–Trinajstić information content (AvgIpc) is 2.74. The standard InChI is InChI=1S/C11H20N4S/c1-3-12-7-10-5-4-6-15(8-10)11-14-13-9(2)16-11/h10,12H,3-8H2,1-2H3. The predicted octanol–water partition coefficient (Wildman–Crippen LogP) is 1.67. The number of piperidine rings is 1. The van der Waals surface area contributed by atoms with Gasteiger partial charge in [0.2, 0.25) is 5.13 Å². The summed E-state index contributed by atoms with van der Waals surface area (Å²) in [6, 6.07) is 0. The zero-order valence-corrected chi connectivity index (χ0v) is 10.9. The van der Waals surface area contributed by atoms with Crippen LogP contribution in [-0.4, -0.2) is 36.4 Å². The van der Waals surface area contributed by atoms with Gasteiger partial charge in [0.05, 0.1) is 0 Å². The van der Waals surface area contributed by atoms with Crippen molar-refractivity contribution in [3.8, 4) is 0 Å². The van der Waals surface area contributed by atoms with Crippen LogP contribution in [0, 0.1) is 12.8 Å². The molecule has 1 aliphatic heterocycles. The van der Waals surface area contributed by atoms with Gasteiger partial charge in [-0.1, -0.05) is 18.3 Å². The largest absolute Gasteiger partial charge is 0.346 e. The highest BCUT2D eigenvalue weighted by atomic mass is 32.1. The Morgan fingerprint density at radius 2 is 2.38 bits per heavy atom. The lowest BCUT2D eigenvalue weighted by Crippen LogP contribution is -2.39. The monoisotopic (exact) mass is 240 g/mol. The van der Waals surface area contributed by atoms with Crippen LogP contribution >= 0.6 is 11.3 Å². The minimum Gasteiger partial charge on any atom is -0.346 e. The smallest absolute Gasteiger partial charge is 0.208 e. The minimum atomic E-state index is 0.762. The summed E-state index contributed by atoms with van der Waals surface area (Å²) in [4.78, 5) is 2.39. The van der Waals surface area contributed by atoms with Gasteiger partial charge >= 0.3 is 0 Å². The summed E-state index contributed by atoms with van der Waals surface area (Å²) in [5, 5.41) is 13.9. The van der Waals surface area contributed by atoms with Crippen LogP contribution in [0.5, 0.6) is 0 Å². The van der Waals surface area contributed by atoms with Crippen molar-refractivity contribution in [2.75, 3.05) is 31.1 Å². The molecule has 0 spiro atoms. The lowest BCUT2D eigenvalue weighted by Gasteiger charge is -2.32. The van der Waals surface area contributed by atoms with Crippen molar-refractivity contribution in [2.45, 2.75) is 26.7 Å². The Hall–Kier alpha value is -0.680. The predicted molar refractivity (Wildman–Crippen MR) is 68.1 cm³/mol. The first kappa shape index (κ1) is 11.8. The topological polar surface area (TPSA) is 41.0 Å². The molecule has 2 heterocycles.